The predicted octanol–water partition coefficient (Wildman–Crippen LogP) is 2.64. The molecule has 1 atom stereocenters. The minimum absolute atomic E-state index is 0.196. The Balaban J connectivity index is 2.61. The van der Waals surface area contributed by atoms with Crippen molar-refractivity contribution >= 4 is 18.5 Å². The first-order chi connectivity index (χ1) is 7.80. The van der Waals surface area contributed by atoms with E-state index < -0.39 is 17.0 Å². The number of alkyl halides is 3. The summed E-state index contributed by atoms with van der Waals surface area (Å²) < 4.78 is 36.8. The zero-order valence-electron chi connectivity index (χ0n) is 9.08. The van der Waals surface area contributed by atoms with Gasteiger partial charge in [-0.25, -0.2) is 0 Å². The van der Waals surface area contributed by atoms with Gasteiger partial charge in [-0.05, 0) is 24.6 Å². The monoisotopic (exact) mass is 263 g/mol. The van der Waals surface area contributed by atoms with Gasteiger partial charge in [0, 0.05) is 6.54 Å². The number of carbonyl (C=O) groups excluding carboxylic acids is 1. The second-order valence-electron chi connectivity index (χ2n) is 3.59. The van der Waals surface area contributed by atoms with Crippen LogP contribution in [0.1, 0.15) is 18.1 Å². The second-order valence-corrected chi connectivity index (χ2v) is 4.36. The number of benzene rings is 1. The van der Waals surface area contributed by atoms with Crippen molar-refractivity contribution in [2.75, 3.05) is 0 Å². The Hall–Kier alpha value is -1.17. The SMILES string of the molecule is CC(S)C(=O)NCc1ccc(C(F)(F)F)cc1. The molecule has 17 heavy (non-hydrogen) atoms. The van der Waals surface area contributed by atoms with Crippen LogP contribution in [0.25, 0.3) is 0 Å². The molecule has 0 saturated carbocycles. The molecule has 0 fully saturated rings. The average molecular weight is 263 g/mol. The van der Waals surface area contributed by atoms with E-state index in [2.05, 4.69) is 17.9 Å². The van der Waals surface area contributed by atoms with Crippen molar-refractivity contribution in [2.24, 2.45) is 0 Å². The van der Waals surface area contributed by atoms with Crippen molar-refractivity contribution in [3.8, 4) is 0 Å². The fourth-order valence-electron chi connectivity index (χ4n) is 1.15. The van der Waals surface area contributed by atoms with E-state index >= 15 is 0 Å². The largest absolute Gasteiger partial charge is 0.416 e. The summed E-state index contributed by atoms with van der Waals surface area (Å²) in [5, 5.41) is 2.12. The molecule has 0 bridgehead atoms. The molecule has 2 nitrogen and oxygen atoms in total. The van der Waals surface area contributed by atoms with E-state index in [4.69, 9.17) is 0 Å². The first kappa shape index (κ1) is 13.9. The maximum atomic E-state index is 12.3. The van der Waals surface area contributed by atoms with E-state index in [0.29, 0.717) is 5.56 Å². The molecule has 0 spiro atoms. The summed E-state index contributed by atoms with van der Waals surface area (Å²) in [5.41, 5.74) is -0.0875. The van der Waals surface area contributed by atoms with Crippen LogP contribution >= 0.6 is 12.6 Å². The lowest BCUT2D eigenvalue weighted by molar-refractivity contribution is -0.137. The van der Waals surface area contributed by atoms with E-state index in [1.54, 1.807) is 6.92 Å². The summed E-state index contributed by atoms with van der Waals surface area (Å²) in [6.45, 7) is 1.81. The zero-order valence-corrected chi connectivity index (χ0v) is 9.98. The summed E-state index contributed by atoms with van der Waals surface area (Å²) in [7, 11) is 0. The highest BCUT2D eigenvalue weighted by Crippen LogP contribution is 2.28. The Morgan fingerprint density at radius 2 is 1.88 bits per heavy atom. The maximum Gasteiger partial charge on any atom is 0.416 e. The van der Waals surface area contributed by atoms with Gasteiger partial charge in [-0.2, -0.15) is 25.8 Å². The van der Waals surface area contributed by atoms with E-state index in [0.717, 1.165) is 12.1 Å². The van der Waals surface area contributed by atoms with Crippen LogP contribution in [0.4, 0.5) is 13.2 Å². The van der Waals surface area contributed by atoms with Gasteiger partial charge in [-0.3, -0.25) is 4.79 Å². The van der Waals surface area contributed by atoms with Gasteiger partial charge in [-0.1, -0.05) is 12.1 Å². The molecule has 1 rings (SSSR count). The van der Waals surface area contributed by atoms with Crippen molar-refractivity contribution in [2.45, 2.75) is 24.9 Å². The van der Waals surface area contributed by atoms with Gasteiger partial charge in [0.15, 0.2) is 0 Å². The van der Waals surface area contributed by atoms with Gasteiger partial charge in [0.2, 0.25) is 5.91 Å². The van der Waals surface area contributed by atoms with Crippen molar-refractivity contribution in [3.05, 3.63) is 35.4 Å². The number of nitrogens with one attached hydrogen (secondary N) is 1. The molecular formula is C11H12F3NOS. The summed E-state index contributed by atoms with van der Waals surface area (Å²) in [4.78, 5) is 11.2. The maximum absolute atomic E-state index is 12.3. The molecule has 1 unspecified atom stereocenters. The van der Waals surface area contributed by atoms with Crippen LogP contribution in [-0.2, 0) is 17.5 Å². The number of hydrogen-bond donors (Lipinski definition) is 2. The Morgan fingerprint density at radius 3 is 2.29 bits per heavy atom. The van der Waals surface area contributed by atoms with Crippen molar-refractivity contribution in [3.63, 3.8) is 0 Å². The Bertz CT molecular complexity index is 387. The van der Waals surface area contributed by atoms with E-state index in [1.165, 1.54) is 12.1 Å². The molecule has 0 radical (unpaired) electrons. The molecule has 0 saturated heterocycles. The summed E-state index contributed by atoms with van der Waals surface area (Å²) >= 11 is 3.93. The first-order valence-corrected chi connectivity index (χ1v) is 5.44. The van der Waals surface area contributed by atoms with E-state index in [9.17, 15) is 18.0 Å². The Labute approximate surface area is 103 Å². The number of carbonyl (C=O) groups is 1. The highest BCUT2D eigenvalue weighted by atomic mass is 32.1. The molecule has 0 aromatic heterocycles. The second kappa shape index (κ2) is 5.44. The van der Waals surface area contributed by atoms with Crippen molar-refractivity contribution in [1.82, 2.24) is 5.32 Å². The highest BCUT2D eigenvalue weighted by Gasteiger charge is 2.29. The summed E-state index contributed by atoms with van der Waals surface area (Å²) in [6.07, 6.45) is -4.33. The fourth-order valence-corrected chi connectivity index (χ4v) is 1.24. The summed E-state index contributed by atoms with van der Waals surface area (Å²) in [6, 6.07) is 4.66. The van der Waals surface area contributed by atoms with E-state index in [1.807, 2.05) is 0 Å². The number of rotatable bonds is 3. The topological polar surface area (TPSA) is 29.1 Å². The molecule has 6 heteroatoms. The highest BCUT2D eigenvalue weighted by molar-refractivity contribution is 7.81. The van der Waals surface area contributed by atoms with Crippen LogP contribution in [0.15, 0.2) is 24.3 Å². The molecule has 1 aromatic rings. The Morgan fingerprint density at radius 1 is 1.35 bits per heavy atom. The molecule has 94 valence electrons. The van der Waals surface area contributed by atoms with Gasteiger partial charge in [0.05, 0.1) is 10.8 Å². The number of halogens is 3. The van der Waals surface area contributed by atoms with Crippen LogP contribution in [0.5, 0.6) is 0 Å². The predicted molar refractivity (Wildman–Crippen MR) is 61.7 cm³/mol. The quantitative estimate of drug-likeness (QED) is 0.807. The lowest BCUT2D eigenvalue weighted by atomic mass is 10.1. The molecule has 0 aliphatic carbocycles. The van der Waals surface area contributed by atoms with Crippen LogP contribution in [-0.4, -0.2) is 11.2 Å². The smallest absolute Gasteiger partial charge is 0.351 e. The molecule has 1 amide bonds. The third-order valence-electron chi connectivity index (χ3n) is 2.13. The third kappa shape index (κ3) is 4.30. The Kier molecular flexibility index (Phi) is 4.45. The van der Waals surface area contributed by atoms with Gasteiger partial charge in [0.25, 0.3) is 0 Å². The van der Waals surface area contributed by atoms with Gasteiger partial charge >= 0.3 is 6.18 Å². The summed E-state index contributed by atoms with van der Waals surface area (Å²) in [5.74, 6) is -0.256. The molecule has 0 heterocycles. The number of amides is 1. The van der Waals surface area contributed by atoms with Crippen molar-refractivity contribution < 1.29 is 18.0 Å². The standard InChI is InChI=1S/C11H12F3NOS/c1-7(17)10(16)15-6-8-2-4-9(5-3-8)11(12,13)14/h2-5,7,17H,6H2,1H3,(H,15,16). The molecular weight excluding hydrogens is 251 g/mol. The van der Waals surface area contributed by atoms with Crippen molar-refractivity contribution in [1.29, 1.82) is 0 Å². The third-order valence-corrected chi connectivity index (χ3v) is 2.36. The van der Waals surface area contributed by atoms with Crippen LogP contribution in [0.2, 0.25) is 0 Å². The lowest BCUT2D eigenvalue weighted by Crippen LogP contribution is -2.29. The number of thiol groups is 1. The lowest BCUT2D eigenvalue weighted by Gasteiger charge is -2.09. The van der Waals surface area contributed by atoms with Crippen LogP contribution < -0.4 is 5.32 Å². The molecule has 0 aliphatic rings. The fraction of sp³-hybridized carbons (Fsp3) is 0.364. The average Bonchev–Trinajstić information content (AvgIpc) is 2.25. The van der Waals surface area contributed by atoms with E-state index in [-0.39, 0.29) is 12.5 Å². The molecule has 1 aromatic carbocycles. The minimum Gasteiger partial charge on any atom is -0.351 e. The number of hydrogen-bond acceptors (Lipinski definition) is 2. The molecule has 1 N–H and O–H groups in total. The molecule has 0 aliphatic heterocycles. The van der Waals surface area contributed by atoms with Gasteiger partial charge < -0.3 is 5.32 Å². The normalized spacial score (nSPS) is 13.2. The van der Waals surface area contributed by atoms with Gasteiger partial charge in [-0.15, -0.1) is 0 Å². The van der Waals surface area contributed by atoms with Gasteiger partial charge in [0.1, 0.15) is 0 Å². The van der Waals surface area contributed by atoms with Crippen LogP contribution in [0, 0.1) is 0 Å². The van der Waals surface area contributed by atoms with Crippen LogP contribution in [0.3, 0.4) is 0 Å². The first-order valence-electron chi connectivity index (χ1n) is 4.92. The zero-order chi connectivity index (χ0) is 13.1. The minimum atomic E-state index is -4.33.